The number of rotatable bonds is 1. The zero-order valence-electron chi connectivity index (χ0n) is 16.9. The van der Waals surface area contributed by atoms with Crippen LogP contribution in [0.2, 0.25) is 0 Å². The third kappa shape index (κ3) is 2.49. The average Bonchev–Trinajstić information content (AvgIpc) is 3.16. The summed E-state index contributed by atoms with van der Waals surface area (Å²) in [6, 6.07) is 2.18. The van der Waals surface area contributed by atoms with Gasteiger partial charge in [-0.3, -0.25) is 0 Å². The van der Waals surface area contributed by atoms with E-state index in [2.05, 4.69) is 29.8 Å². The van der Waals surface area contributed by atoms with Gasteiger partial charge in [0, 0.05) is 47.9 Å². The van der Waals surface area contributed by atoms with Crippen molar-refractivity contribution in [3.63, 3.8) is 0 Å². The molecule has 2 aliphatic heterocycles. The number of aromatic nitrogens is 2. The monoisotopic (exact) mass is 376 g/mol. The predicted octanol–water partition coefficient (Wildman–Crippen LogP) is 3.41. The molecular weight excluding hydrogens is 347 g/mol. The minimum absolute atomic E-state index is 0.0729. The molecule has 1 saturated heterocycles. The van der Waals surface area contributed by atoms with Crippen LogP contribution in [-0.2, 0) is 4.65 Å². The fourth-order valence-electron chi connectivity index (χ4n) is 6.81. The Labute approximate surface area is 167 Å². The number of fused-ring (bicyclic) bond motifs is 7. The van der Waals surface area contributed by atoms with Crippen LogP contribution in [0.5, 0.6) is 0 Å². The van der Waals surface area contributed by atoms with E-state index < -0.39 is 0 Å². The molecule has 1 N–H and O–H groups in total. The zero-order valence-corrected chi connectivity index (χ0v) is 16.9. The highest BCUT2D eigenvalue weighted by Gasteiger charge is 2.47. The Morgan fingerprint density at radius 1 is 1.21 bits per heavy atom. The molecule has 2 aromatic heterocycles. The molecule has 4 aliphatic rings. The lowest BCUT2D eigenvalue weighted by atomic mass is 9.57. The first-order valence-electron chi connectivity index (χ1n) is 11.1. The summed E-state index contributed by atoms with van der Waals surface area (Å²) in [6.07, 6.45) is 10.6. The van der Waals surface area contributed by atoms with Crippen LogP contribution in [-0.4, -0.2) is 40.8 Å². The summed E-state index contributed by atoms with van der Waals surface area (Å²) in [5.41, 5.74) is 4.81. The summed E-state index contributed by atoms with van der Waals surface area (Å²) >= 11 is 0. The maximum atomic E-state index is 6.16. The third-order valence-electron chi connectivity index (χ3n) is 7.67. The molecule has 4 heterocycles. The van der Waals surface area contributed by atoms with Crippen LogP contribution in [0, 0.1) is 29.6 Å². The fourth-order valence-corrected chi connectivity index (χ4v) is 6.81. The highest BCUT2D eigenvalue weighted by atomic mass is 16.4. The summed E-state index contributed by atoms with van der Waals surface area (Å²) in [4.78, 5) is 10.2. The van der Waals surface area contributed by atoms with E-state index in [1.54, 1.807) is 0 Å². The van der Waals surface area contributed by atoms with E-state index in [0.29, 0.717) is 11.8 Å². The predicted molar refractivity (Wildman–Crippen MR) is 113 cm³/mol. The molecule has 0 amide bonds. The van der Waals surface area contributed by atoms with E-state index in [0.717, 1.165) is 43.0 Å². The first kappa shape index (κ1) is 17.1. The third-order valence-corrected chi connectivity index (χ3v) is 7.67. The van der Waals surface area contributed by atoms with Crippen LogP contribution in [0.3, 0.4) is 0 Å². The molecule has 5 nitrogen and oxygen atoms in total. The van der Waals surface area contributed by atoms with E-state index in [-0.39, 0.29) is 7.05 Å². The SMILES string of the molecule is CC1CC2CC(C)[C@H](C3=NN4CCCOB4c4cnc5[nH]ccc5c43)C(C1)C2. The van der Waals surface area contributed by atoms with Crippen molar-refractivity contribution >= 4 is 29.3 Å². The molecule has 2 aromatic rings. The van der Waals surface area contributed by atoms with Gasteiger partial charge < -0.3 is 14.6 Å². The van der Waals surface area contributed by atoms with Crippen molar-refractivity contribution in [2.75, 3.05) is 13.2 Å². The van der Waals surface area contributed by atoms with E-state index in [9.17, 15) is 0 Å². The molecule has 146 valence electrons. The van der Waals surface area contributed by atoms with Crippen molar-refractivity contribution in [2.24, 2.45) is 34.7 Å². The molecule has 0 spiro atoms. The van der Waals surface area contributed by atoms with Gasteiger partial charge in [-0.15, -0.1) is 0 Å². The Morgan fingerprint density at radius 3 is 3.07 bits per heavy atom. The quantitative estimate of drug-likeness (QED) is 0.777. The molecule has 28 heavy (non-hydrogen) atoms. The lowest BCUT2D eigenvalue weighted by Crippen LogP contribution is -2.58. The van der Waals surface area contributed by atoms with E-state index in [1.165, 1.54) is 47.8 Å². The molecule has 0 radical (unpaired) electrons. The Morgan fingerprint density at radius 2 is 2.14 bits per heavy atom. The maximum absolute atomic E-state index is 6.16. The Bertz CT molecular complexity index is 936. The lowest BCUT2D eigenvalue weighted by Gasteiger charge is -2.48. The second kappa shape index (κ2) is 6.34. The van der Waals surface area contributed by atoms with Crippen molar-refractivity contribution < 1.29 is 4.65 Å². The van der Waals surface area contributed by atoms with Crippen LogP contribution >= 0.6 is 0 Å². The molecule has 0 aromatic carbocycles. The van der Waals surface area contributed by atoms with Gasteiger partial charge in [-0.05, 0) is 61.8 Å². The first-order valence-corrected chi connectivity index (χ1v) is 11.1. The summed E-state index contributed by atoms with van der Waals surface area (Å²) in [5, 5.41) is 6.52. The number of H-pyrrole nitrogens is 1. The Kier molecular flexibility index (Phi) is 3.87. The smallest absolute Gasteiger partial charge is 0.412 e. The molecule has 6 rings (SSSR count). The van der Waals surface area contributed by atoms with Crippen LogP contribution in [0.1, 0.15) is 51.5 Å². The van der Waals surface area contributed by atoms with Crippen molar-refractivity contribution in [1.29, 1.82) is 0 Å². The topological polar surface area (TPSA) is 53.5 Å². The Balaban J connectivity index is 1.52. The second-order valence-corrected chi connectivity index (χ2v) is 9.73. The molecule has 4 unspecified atom stereocenters. The normalized spacial score (nSPS) is 34.8. The van der Waals surface area contributed by atoms with Crippen molar-refractivity contribution in [3.8, 4) is 0 Å². The lowest BCUT2D eigenvalue weighted by molar-refractivity contribution is 0.0791. The molecule has 6 heteroatoms. The summed E-state index contributed by atoms with van der Waals surface area (Å²) in [5.74, 6) is 3.75. The molecule has 2 aliphatic carbocycles. The van der Waals surface area contributed by atoms with Crippen molar-refractivity contribution in [2.45, 2.75) is 46.0 Å². The van der Waals surface area contributed by atoms with Crippen LogP contribution < -0.4 is 5.46 Å². The van der Waals surface area contributed by atoms with Crippen LogP contribution in [0.15, 0.2) is 23.6 Å². The number of aromatic amines is 1. The fraction of sp³-hybridized carbons (Fsp3) is 0.636. The molecule has 5 atom stereocenters. The van der Waals surface area contributed by atoms with Gasteiger partial charge in [-0.2, -0.15) is 5.10 Å². The van der Waals surface area contributed by atoms with E-state index in [4.69, 9.17) is 14.7 Å². The number of nitrogens with zero attached hydrogens (tertiary/aromatic N) is 3. The van der Waals surface area contributed by atoms with Gasteiger partial charge in [-0.1, -0.05) is 13.8 Å². The van der Waals surface area contributed by atoms with E-state index in [1.807, 2.05) is 12.4 Å². The van der Waals surface area contributed by atoms with Gasteiger partial charge in [0.2, 0.25) is 0 Å². The highest BCUT2D eigenvalue weighted by molar-refractivity contribution is 6.67. The second-order valence-electron chi connectivity index (χ2n) is 9.73. The summed E-state index contributed by atoms with van der Waals surface area (Å²) in [6.45, 7) is 6.70. The Hall–Kier alpha value is -1.82. The average molecular weight is 376 g/mol. The standard InChI is InChI=1S/C22H29BN4O/c1-13-8-15-10-14(2)19(16(9-13)11-15)21-20-17-4-5-24-22(17)25-12-18(20)23-27(26-21)6-3-7-28-23/h4-5,12-16,19H,3,6-11H2,1-2H3,(H,24,25)/t13?,14?,15?,16?,19-/m0/s1. The van der Waals surface area contributed by atoms with E-state index >= 15 is 0 Å². The van der Waals surface area contributed by atoms with Gasteiger partial charge in [0.25, 0.3) is 0 Å². The minimum Gasteiger partial charge on any atom is -0.412 e. The van der Waals surface area contributed by atoms with Gasteiger partial charge in [0.15, 0.2) is 0 Å². The number of hydrogen-bond donors (Lipinski definition) is 1. The number of pyridine rings is 1. The van der Waals surface area contributed by atoms with Crippen molar-refractivity contribution in [1.82, 2.24) is 14.9 Å². The number of nitrogens with one attached hydrogen (secondary N) is 1. The highest BCUT2D eigenvalue weighted by Crippen LogP contribution is 2.49. The first-order chi connectivity index (χ1) is 13.7. The van der Waals surface area contributed by atoms with Gasteiger partial charge in [-0.25, -0.2) is 4.98 Å². The van der Waals surface area contributed by atoms with Gasteiger partial charge >= 0.3 is 7.05 Å². The minimum atomic E-state index is -0.0729. The molecular formula is C22H29BN4O. The number of hydrazone groups is 1. The summed E-state index contributed by atoms with van der Waals surface area (Å²) in [7, 11) is -0.0729. The van der Waals surface area contributed by atoms with Gasteiger partial charge in [0.1, 0.15) is 5.65 Å². The number of hydrogen-bond acceptors (Lipinski definition) is 4. The molecule has 2 bridgehead atoms. The van der Waals surface area contributed by atoms with Crippen LogP contribution in [0.25, 0.3) is 11.0 Å². The maximum Gasteiger partial charge on any atom is 0.471 e. The molecule has 2 saturated carbocycles. The zero-order chi connectivity index (χ0) is 18.8. The van der Waals surface area contributed by atoms with Gasteiger partial charge in [0.05, 0.1) is 5.71 Å². The largest absolute Gasteiger partial charge is 0.471 e. The summed E-state index contributed by atoms with van der Waals surface area (Å²) < 4.78 is 6.16. The molecule has 3 fully saturated rings. The van der Waals surface area contributed by atoms with Crippen molar-refractivity contribution in [3.05, 3.63) is 24.0 Å². The van der Waals surface area contributed by atoms with Crippen LogP contribution in [0.4, 0.5) is 0 Å².